The number of aliphatic imine (C=N–C) groups is 1. The fourth-order valence-corrected chi connectivity index (χ4v) is 3.71. The van der Waals surface area contributed by atoms with Crippen LogP contribution in [0.3, 0.4) is 0 Å². The first-order valence-corrected chi connectivity index (χ1v) is 7.76. The molecular formula is C10H12N4O2S2. The second-order valence-electron chi connectivity index (χ2n) is 4.17. The highest BCUT2D eigenvalue weighted by atomic mass is 32.2. The summed E-state index contributed by atoms with van der Waals surface area (Å²) < 4.78 is 27.0. The molecule has 8 heteroatoms. The van der Waals surface area contributed by atoms with Gasteiger partial charge in [-0.15, -0.1) is 0 Å². The van der Waals surface area contributed by atoms with Crippen molar-refractivity contribution in [2.24, 2.45) is 10.1 Å². The normalized spacial score (nSPS) is 23.1. The van der Waals surface area contributed by atoms with Crippen LogP contribution in [0.2, 0.25) is 0 Å². The van der Waals surface area contributed by atoms with Crippen molar-refractivity contribution in [3.63, 3.8) is 0 Å². The van der Waals surface area contributed by atoms with E-state index in [9.17, 15) is 8.42 Å². The maximum absolute atomic E-state index is 11.3. The minimum absolute atomic E-state index is 0.142. The lowest BCUT2D eigenvalue weighted by Gasteiger charge is -2.38. The molecule has 0 amide bonds. The molecule has 0 saturated carbocycles. The molecule has 0 aromatic heterocycles. The smallest absolute Gasteiger partial charge is 0.277 e. The number of benzene rings is 1. The number of nitrogens with one attached hydrogen (secondary N) is 1. The molecule has 96 valence electrons. The predicted octanol–water partition coefficient (Wildman–Crippen LogP) is 0.907. The summed E-state index contributed by atoms with van der Waals surface area (Å²) in [6, 6.07) is 5.63. The van der Waals surface area contributed by atoms with Gasteiger partial charge in [-0.2, -0.15) is 12.7 Å². The van der Waals surface area contributed by atoms with Gasteiger partial charge < -0.3 is 4.72 Å². The summed E-state index contributed by atoms with van der Waals surface area (Å²) in [5.74, 6) is 0. The van der Waals surface area contributed by atoms with E-state index in [1.54, 1.807) is 6.34 Å². The number of nitrogens with two attached hydrogens (primary N) is 1. The van der Waals surface area contributed by atoms with Gasteiger partial charge in [0.25, 0.3) is 10.2 Å². The third kappa shape index (κ3) is 2.01. The summed E-state index contributed by atoms with van der Waals surface area (Å²) in [4.78, 5) is 5.19. The van der Waals surface area contributed by atoms with Gasteiger partial charge in [0.05, 0.1) is 23.0 Å². The molecule has 6 nitrogen and oxygen atoms in total. The molecule has 1 atom stereocenters. The van der Waals surface area contributed by atoms with Gasteiger partial charge >= 0.3 is 0 Å². The van der Waals surface area contributed by atoms with Crippen LogP contribution in [0.15, 0.2) is 28.1 Å². The number of fused-ring (bicyclic) bond motifs is 1. The molecule has 2 heterocycles. The fourth-order valence-electron chi connectivity index (χ4n) is 2.11. The monoisotopic (exact) mass is 284 g/mol. The van der Waals surface area contributed by atoms with Crippen LogP contribution < -0.4 is 9.86 Å². The molecule has 1 aromatic carbocycles. The van der Waals surface area contributed by atoms with E-state index in [2.05, 4.69) is 9.71 Å². The molecule has 1 saturated heterocycles. The molecule has 0 radical (unpaired) electrons. The van der Waals surface area contributed by atoms with E-state index in [1.165, 1.54) is 16.3 Å². The fraction of sp³-hybridized carbons (Fsp3) is 0.300. The third-order valence-corrected chi connectivity index (χ3v) is 4.95. The summed E-state index contributed by atoms with van der Waals surface area (Å²) in [7, 11) is -3.60. The van der Waals surface area contributed by atoms with Crippen LogP contribution in [0.1, 0.15) is 18.0 Å². The van der Waals surface area contributed by atoms with E-state index in [1.807, 2.05) is 18.2 Å². The Balaban J connectivity index is 1.92. The van der Waals surface area contributed by atoms with Crippen LogP contribution >= 0.6 is 11.9 Å². The number of hydrogen-bond donors (Lipinski definition) is 2. The molecule has 3 rings (SSSR count). The summed E-state index contributed by atoms with van der Waals surface area (Å²) in [6.07, 6.45) is 2.43. The lowest BCUT2D eigenvalue weighted by molar-refractivity contribution is 0.202. The van der Waals surface area contributed by atoms with E-state index in [4.69, 9.17) is 5.14 Å². The predicted molar refractivity (Wildman–Crippen MR) is 70.8 cm³/mol. The Bertz CT molecular complexity index is 614. The first-order chi connectivity index (χ1) is 8.55. The zero-order valence-corrected chi connectivity index (χ0v) is 11.0. The van der Waals surface area contributed by atoms with Crippen molar-refractivity contribution in [2.75, 3.05) is 6.54 Å². The summed E-state index contributed by atoms with van der Waals surface area (Å²) >= 11 is 1.47. The minimum Gasteiger partial charge on any atom is -0.316 e. The second kappa shape index (κ2) is 4.23. The standard InChI is InChI=1S/C10H12N4O2S2/c11-18(15,16)14-4-3-9(14)7-1-2-8-10(5-7)17-13-6-12-8/h1-2,5-6,9H,3-4H2,(H,12,13)(H2,11,15,16). The Morgan fingerprint density at radius 2 is 2.33 bits per heavy atom. The van der Waals surface area contributed by atoms with Gasteiger partial charge in [-0.1, -0.05) is 6.07 Å². The van der Waals surface area contributed by atoms with Gasteiger partial charge in [0.2, 0.25) is 0 Å². The minimum atomic E-state index is -3.60. The average Bonchev–Trinajstić information content (AvgIpc) is 2.25. The highest BCUT2D eigenvalue weighted by Gasteiger charge is 2.36. The summed E-state index contributed by atoms with van der Waals surface area (Å²) in [5.41, 5.74) is 1.85. The van der Waals surface area contributed by atoms with E-state index < -0.39 is 10.2 Å². The van der Waals surface area contributed by atoms with Crippen molar-refractivity contribution in [1.82, 2.24) is 9.03 Å². The molecule has 0 aliphatic carbocycles. The number of hydrogen-bond acceptors (Lipinski definition) is 5. The molecule has 2 aliphatic rings. The van der Waals surface area contributed by atoms with Gasteiger partial charge in [-0.05, 0) is 36.1 Å². The second-order valence-corrected chi connectivity index (χ2v) is 6.54. The Morgan fingerprint density at radius 3 is 3.00 bits per heavy atom. The average molecular weight is 284 g/mol. The maximum Gasteiger partial charge on any atom is 0.277 e. The first kappa shape index (κ1) is 12.0. The van der Waals surface area contributed by atoms with Crippen molar-refractivity contribution in [2.45, 2.75) is 17.4 Å². The molecule has 2 aliphatic heterocycles. The topological polar surface area (TPSA) is 87.8 Å². The zero-order chi connectivity index (χ0) is 12.8. The molecular weight excluding hydrogens is 272 g/mol. The van der Waals surface area contributed by atoms with E-state index >= 15 is 0 Å². The largest absolute Gasteiger partial charge is 0.316 e. The highest BCUT2D eigenvalue weighted by molar-refractivity contribution is 7.98. The quantitative estimate of drug-likeness (QED) is 0.790. The zero-order valence-electron chi connectivity index (χ0n) is 9.41. The molecule has 1 fully saturated rings. The van der Waals surface area contributed by atoms with Crippen LogP contribution in [-0.2, 0) is 10.2 Å². The van der Waals surface area contributed by atoms with Crippen LogP contribution in [-0.4, -0.2) is 25.6 Å². The van der Waals surface area contributed by atoms with Gasteiger partial charge in [-0.3, -0.25) is 0 Å². The van der Waals surface area contributed by atoms with Gasteiger partial charge in [0.1, 0.15) is 0 Å². The maximum atomic E-state index is 11.3. The number of rotatable bonds is 2. The van der Waals surface area contributed by atoms with Crippen molar-refractivity contribution < 1.29 is 8.42 Å². The van der Waals surface area contributed by atoms with Gasteiger partial charge in [-0.25, -0.2) is 10.1 Å². The third-order valence-electron chi connectivity index (χ3n) is 3.09. The van der Waals surface area contributed by atoms with Crippen molar-refractivity contribution in [3.05, 3.63) is 23.8 Å². The lowest BCUT2D eigenvalue weighted by Crippen LogP contribution is -2.48. The van der Waals surface area contributed by atoms with Crippen LogP contribution in [0, 0.1) is 0 Å². The summed E-state index contributed by atoms with van der Waals surface area (Å²) in [6.45, 7) is 0.490. The Labute approximate surface area is 110 Å². The van der Waals surface area contributed by atoms with Gasteiger partial charge in [0.15, 0.2) is 0 Å². The lowest BCUT2D eigenvalue weighted by atomic mass is 9.98. The molecule has 1 unspecified atom stereocenters. The molecule has 0 bridgehead atoms. The highest BCUT2D eigenvalue weighted by Crippen LogP contribution is 2.39. The van der Waals surface area contributed by atoms with E-state index in [0.717, 1.165) is 22.6 Å². The molecule has 3 N–H and O–H groups in total. The van der Waals surface area contributed by atoms with Crippen LogP contribution in [0.4, 0.5) is 5.69 Å². The van der Waals surface area contributed by atoms with Crippen molar-refractivity contribution >= 4 is 34.2 Å². The molecule has 18 heavy (non-hydrogen) atoms. The molecule has 1 aromatic rings. The van der Waals surface area contributed by atoms with E-state index in [0.29, 0.717) is 6.54 Å². The summed E-state index contributed by atoms with van der Waals surface area (Å²) in [5, 5.41) is 5.16. The van der Waals surface area contributed by atoms with Crippen molar-refractivity contribution in [1.29, 1.82) is 0 Å². The SMILES string of the molecule is NS(=O)(=O)N1CCC1c1ccc2c(c1)SNC=N2. The van der Waals surface area contributed by atoms with Gasteiger partial charge in [0, 0.05) is 6.54 Å². The van der Waals surface area contributed by atoms with Crippen molar-refractivity contribution in [3.8, 4) is 0 Å². The Hall–Kier alpha value is -1.09. The Morgan fingerprint density at radius 1 is 1.50 bits per heavy atom. The Kier molecular flexibility index (Phi) is 2.81. The van der Waals surface area contributed by atoms with Crippen LogP contribution in [0.25, 0.3) is 0 Å². The van der Waals surface area contributed by atoms with E-state index in [-0.39, 0.29) is 6.04 Å². The molecule has 0 spiro atoms. The first-order valence-electron chi connectivity index (χ1n) is 5.44. The number of nitrogens with zero attached hydrogens (tertiary/aromatic N) is 2. The van der Waals surface area contributed by atoms with Crippen LogP contribution in [0.5, 0.6) is 0 Å².